The lowest BCUT2D eigenvalue weighted by Gasteiger charge is -1.73. The highest BCUT2D eigenvalue weighted by atomic mass is 32.9. The predicted octanol–water partition coefficient (Wildman–Crippen LogP) is 1.49. The standard InChI is InChI=1S/C4H10.H2O3S2/c1-3-4-2;1-5(2,3)4/h3-4H2,1-2H3;(H2,1,2,3,4). The van der Waals surface area contributed by atoms with Gasteiger partial charge in [-0.2, -0.15) is 4.21 Å². The first kappa shape index (κ1) is 12.0. The van der Waals surface area contributed by atoms with Gasteiger partial charge in [-0.1, -0.05) is 26.7 Å². The lowest BCUT2D eigenvalue weighted by Crippen LogP contribution is -1.86. The van der Waals surface area contributed by atoms with E-state index in [0.29, 0.717) is 0 Å². The molecular weight excluding hydrogens is 160 g/mol. The second-order valence-corrected chi connectivity index (χ2v) is 3.65. The molecule has 0 heterocycles. The maximum Gasteiger partial charge on any atom is 0.263 e. The number of hydrogen-bond donors (Lipinski definition) is 2. The van der Waals surface area contributed by atoms with Crippen LogP contribution in [0, 0.1) is 0 Å². The molecule has 0 atom stereocenters. The summed E-state index contributed by atoms with van der Waals surface area (Å²) in [7, 11) is -3.83. The van der Waals surface area contributed by atoms with Gasteiger partial charge in [0.15, 0.2) is 0 Å². The monoisotopic (exact) mass is 172 g/mol. The summed E-state index contributed by atoms with van der Waals surface area (Å²) in [4.78, 5) is 0. The molecule has 0 aromatic carbocycles. The van der Waals surface area contributed by atoms with Crippen LogP contribution in [-0.2, 0) is 20.2 Å². The molecule has 0 saturated heterocycles. The van der Waals surface area contributed by atoms with Crippen LogP contribution >= 0.6 is 0 Å². The van der Waals surface area contributed by atoms with E-state index in [0.717, 1.165) is 0 Å². The quantitative estimate of drug-likeness (QED) is 0.629. The molecule has 9 heavy (non-hydrogen) atoms. The number of rotatable bonds is 1. The maximum absolute atomic E-state index is 9.11. The Kier molecular flexibility index (Phi) is 8.56. The van der Waals surface area contributed by atoms with Crippen molar-refractivity contribution in [2.24, 2.45) is 0 Å². The van der Waals surface area contributed by atoms with Gasteiger partial charge in [0.25, 0.3) is 9.05 Å². The fourth-order valence-corrected chi connectivity index (χ4v) is 0. The minimum Gasteiger partial charge on any atom is -0.285 e. The van der Waals surface area contributed by atoms with Gasteiger partial charge in [-0.25, -0.2) is 0 Å². The fourth-order valence-electron chi connectivity index (χ4n) is 0. The minimum absolute atomic E-state index is 1.32. The van der Waals surface area contributed by atoms with Gasteiger partial charge in [-0.05, 0) is 0 Å². The van der Waals surface area contributed by atoms with Crippen molar-refractivity contribution in [1.29, 1.82) is 0 Å². The molecule has 3 nitrogen and oxygen atoms in total. The molecule has 0 aromatic heterocycles. The van der Waals surface area contributed by atoms with Gasteiger partial charge < -0.3 is 0 Å². The smallest absolute Gasteiger partial charge is 0.263 e. The average molecular weight is 172 g/mol. The normalized spacial score (nSPS) is 9.78. The van der Waals surface area contributed by atoms with Crippen LogP contribution in [0.3, 0.4) is 0 Å². The number of unbranched alkanes of at least 4 members (excludes halogenated alkanes) is 1. The maximum atomic E-state index is 9.11. The lowest BCUT2D eigenvalue weighted by atomic mass is 10.4. The summed E-state index contributed by atoms with van der Waals surface area (Å²) >= 11 is 3.47. The van der Waals surface area contributed by atoms with Gasteiger partial charge in [-0.15, -0.1) is 0 Å². The van der Waals surface area contributed by atoms with Gasteiger partial charge >= 0.3 is 0 Å². The molecule has 0 saturated carbocycles. The van der Waals surface area contributed by atoms with Crippen molar-refractivity contribution < 1.29 is 13.3 Å². The van der Waals surface area contributed by atoms with E-state index >= 15 is 0 Å². The molecule has 0 spiro atoms. The third-order valence-electron chi connectivity index (χ3n) is 0.500. The molecule has 0 aromatic rings. The van der Waals surface area contributed by atoms with Crippen molar-refractivity contribution in [2.45, 2.75) is 26.7 Å². The number of hydrogen-bond acceptors (Lipinski definition) is 2. The SMILES string of the molecule is CCCC.O=S(O)(O)=S. The van der Waals surface area contributed by atoms with Crippen molar-refractivity contribution in [2.75, 3.05) is 0 Å². The van der Waals surface area contributed by atoms with E-state index in [-0.39, 0.29) is 0 Å². The second-order valence-electron chi connectivity index (χ2n) is 1.45. The highest BCUT2D eigenvalue weighted by Crippen LogP contribution is 1.76. The first-order chi connectivity index (χ1) is 3.91. The van der Waals surface area contributed by atoms with Crippen LogP contribution in [0.4, 0.5) is 0 Å². The Labute approximate surface area is 60.8 Å². The van der Waals surface area contributed by atoms with Crippen LogP contribution in [0.15, 0.2) is 0 Å². The lowest BCUT2D eigenvalue weighted by molar-refractivity contribution is 0.450. The summed E-state index contributed by atoms with van der Waals surface area (Å²) in [5.41, 5.74) is 0. The topological polar surface area (TPSA) is 57.5 Å². The molecule has 0 bridgehead atoms. The van der Waals surface area contributed by atoms with E-state index in [1.165, 1.54) is 12.8 Å². The molecule has 58 valence electrons. The van der Waals surface area contributed by atoms with Crippen molar-refractivity contribution >= 4 is 20.2 Å². The summed E-state index contributed by atoms with van der Waals surface area (Å²) < 4.78 is 24.0. The Balaban J connectivity index is 0. The van der Waals surface area contributed by atoms with E-state index in [1.54, 1.807) is 0 Å². The van der Waals surface area contributed by atoms with Crippen LogP contribution < -0.4 is 0 Å². The summed E-state index contributed by atoms with van der Waals surface area (Å²) in [5, 5.41) is 0. The third kappa shape index (κ3) is 197. The Bertz CT molecular complexity index is 117. The van der Waals surface area contributed by atoms with Gasteiger partial charge in [0.2, 0.25) is 0 Å². The Morgan fingerprint density at radius 3 is 1.44 bits per heavy atom. The molecule has 0 radical (unpaired) electrons. The Morgan fingerprint density at radius 2 is 1.44 bits per heavy atom. The van der Waals surface area contributed by atoms with Gasteiger partial charge in [0, 0.05) is 11.2 Å². The van der Waals surface area contributed by atoms with E-state index in [4.69, 9.17) is 13.3 Å². The van der Waals surface area contributed by atoms with Crippen molar-refractivity contribution in [3.63, 3.8) is 0 Å². The molecule has 0 aliphatic rings. The van der Waals surface area contributed by atoms with Gasteiger partial charge in [0.05, 0.1) is 0 Å². The Morgan fingerprint density at radius 1 is 1.33 bits per heavy atom. The molecule has 5 heteroatoms. The van der Waals surface area contributed by atoms with E-state index in [2.05, 4.69) is 25.0 Å². The van der Waals surface area contributed by atoms with Gasteiger partial charge in [-0.3, -0.25) is 9.11 Å². The van der Waals surface area contributed by atoms with E-state index in [9.17, 15) is 0 Å². The first-order valence-corrected chi connectivity index (χ1v) is 5.01. The summed E-state index contributed by atoms with van der Waals surface area (Å²) in [6.07, 6.45) is 2.64. The van der Waals surface area contributed by atoms with Crippen LogP contribution in [-0.4, -0.2) is 13.3 Å². The molecule has 0 unspecified atom stereocenters. The molecule has 0 fully saturated rings. The molecule has 2 N–H and O–H groups in total. The molecule has 0 aliphatic carbocycles. The van der Waals surface area contributed by atoms with Crippen molar-refractivity contribution in [3.05, 3.63) is 0 Å². The second kappa shape index (κ2) is 6.41. The third-order valence-corrected chi connectivity index (χ3v) is 0.500. The minimum atomic E-state index is -3.83. The molecule has 0 rings (SSSR count). The Hall–Kier alpha value is 0.290. The molecular formula is C4H12O3S2. The van der Waals surface area contributed by atoms with Crippen LogP contribution in [0.2, 0.25) is 0 Å². The van der Waals surface area contributed by atoms with Crippen molar-refractivity contribution in [1.82, 2.24) is 0 Å². The highest BCUT2D eigenvalue weighted by Gasteiger charge is 1.78. The zero-order valence-electron chi connectivity index (χ0n) is 5.53. The predicted molar refractivity (Wildman–Crippen MR) is 41.3 cm³/mol. The van der Waals surface area contributed by atoms with Crippen LogP contribution in [0.25, 0.3) is 0 Å². The average Bonchev–Trinajstić information content (AvgIpc) is 1.61. The van der Waals surface area contributed by atoms with Crippen LogP contribution in [0.1, 0.15) is 26.7 Å². The first-order valence-electron chi connectivity index (χ1n) is 2.61. The van der Waals surface area contributed by atoms with Gasteiger partial charge in [0.1, 0.15) is 0 Å². The summed E-state index contributed by atoms with van der Waals surface area (Å²) in [5.74, 6) is 0. The van der Waals surface area contributed by atoms with Crippen LogP contribution in [0.5, 0.6) is 0 Å². The largest absolute Gasteiger partial charge is 0.285 e. The fraction of sp³-hybridized carbons (Fsp3) is 1.00. The summed E-state index contributed by atoms with van der Waals surface area (Å²) in [6, 6.07) is 0. The molecule has 0 aliphatic heterocycles. The van der Waals surface area contributed by atoms with E-state index < -0.39 is 9.05 Å². The molecule has 0 amide bonds. The summed E-state index contributed by atoms with van der Waals surface area (Å²) in [6.45, 7) is 4.36. The van der Waals surface area contributed by atoms with Crippen molar-refractivity contribution in [3.8, 4) is 0 Å². The highest BCUT2D eigenvalue weighted by molar-refractivity contribution is 8.26. The zero-order chi connectivity index (χ0) is 7.91. The van der Waals surface area contributed by atoms with E-state index in [1.807, 2.05) is 0 Å². The zero-order valence-corrected chi connectivity index (χ0v) is 7.17.